The Kier molecular flexibility index (Phi) is 9.70. The molecule has 226 valence electrons. The number of nitrogens with zero attached hydrogens (tertiary/aromatic N) is 3. The fraction of sp³-hybridized carbons (Fsp3) is 0.370. The van der Waals surface area contributed by atoms with Crippen LogP contribution in [0.25, 0.3) is 0 Å². The lowest BCUT2D eigenvalue weighted by atomic mass is 9.78. The van der Waals surface area contributed by atoms with Crippen molar-refractivity contribution in [3.8, 4) is 0 Å². The molecule has 0 spiro atoms. The molecule has 1 heterocycles. The Morgan fingerprint density at radius 2 is 1.93 bits per heavy atom. The standard InChI is InChI=1S/C27H29ClF4N6O3S/c1-38(2)14-26(39)36-23-11-17(16-4-3-5-18(10-16)27(30,31)32)6-7-21(23)35-22-13-20(29)24(12-19(22)28)42(40,41)37-25-8-9-33-15-34-25/h3-5,8-10,12-13,15,17,21,23,35H,6-7,11,14H2,1-2H3,(H,36,39)(H,33,34,37)/p+1. The van der Waals surface area contributed by atoms with Gasteiger partial charge in [0.2, 0.25) is 5.91 Å². The Bertz CT molecular complexity index is 1530. The summed E-state index contributed by atoms with van der Waals surface area (Å²) >= 11 is 6.42. The summed E-state index contributed by atoms with van der Waals surface area (Å²) in [5.41, 5.74) is 0.00266. The number of rotatable bonds is 9. The molecule has 1 aromatic heterocycles. The maximum Gasteiger partial charge on any atom is 0.416 e. The fourth-order valence-corrected chi connectivity index (χ4v) is 6.41. The molecule has 1 amide bonds. The summed E-state index contributed by atoms with van der Waals surface area (Å²) in [6.45, 7) is 0.0960. The van der Waals surface area contributed by atoms with Crippen molar-refractivity contribution in [1.82, 2.24) is 20.2 Å². The first-order valence-corrected chi connectivity index (χ1v) is 14.8. The van der Waals surface area contributed by atoms with E-state index >= 15 is 4.39 Å². The van der Waals surface area contributed by atoms with Crippen molar-refractivity contribution in [3.05, 3.63) is 77.0 Å². The van der Waals surface area contributed by atoms with Crippen molar-refractivity contribution in [1.29, 1.82) is 0 Å². The van der Waals surface area contributed by atoms with E-state index in [1.54, 1.807) is 30.4 Å². The molecule has 0 saturated heterocycles. The summed E-state index contributed by atoms with van der Waals surface area (Å²) < 4.78 is 82.9. The maximum absolute atomic E-state index is 15.2. The molecule has 0 radical (unpaired) electrons. The Morgan fingerprint density at radius 1 is 1.17 bits per heavy atom. The van der Waals surface area contributed by atoms with E-state index in [9.17, 15) is 26.4 Å². The van der Waals surface area contributed by atoms with Gasteiger partial charge in [0, 0.05) is 18.7 Å². The molecule has 0 aliphatic heterocycles. The molecule has 3 atom stereocenters. The number of hydrogen-bond donors (Lipinski definition) is 3. The highest BCUT2D eigenvalue weighted by atomic mass is 35.5. The minimum Gasteiger partial charge on any atom is -0.346 e. The monoisotopic (exact) mass is 629 g/mol. The molecule has 1 aliphatic rings. The summed E-state index contributed by atoms with van der Waals surface area (Å²) in [6, 6.07) is 7.63. The average molecular weight is 630 g/mol. The number of aromatic nitrogens is 2. The maximum atomic E-state index is 15.2. The minimum atomic E-state index is -4.48. The van der Waals surface area contributed by atoms with E-state index in [0.29, 0.717) is 24.8 Å². The lowest BCUT2D eigenvalue weighted by molar-refractivity contribution is -0.617. The quantitative estimate of drug-likeness (QED) is 0.245. The van der Waals surface area contributed by atoms with Gasteiger partial charge < -0.3 is 15.5 Å². The zero-order valence-electron chi connectivity index (χ0n) is 22.7. The van der Waals surface area contributed by atoms with Crippen LogP contribution in [0.2, 0.25) is 5.02 Å². The number of anilines is 1. The first kappa shape index (κ1) is 31.6. The molecule has 9 nitrogen and oxygen atoms in total. The molecule has 4 rings (SSSR count). The second-order valence-electron chi connectivity index (χ2n) is 10.4. The highest BCUT2D eigenvalue weighted by Gasteiger charge is 2.37. The number of nitrogens with one attached hydrogen (secondary N) is 2. The molecular weight excluding hydrogens is 600 g/mol. The summed E-state index contributed by atoms with van der Waals surface area (Å²) in [5.74, 6) is -1.63. The number of carbonyl (C=O) groups is 1. The van der Waals surface area contributed by atoms with Gasteiger partial charge in [-0.1, -0.05) is 29.8 Å². The van der Waals surface area contributed by atoms with Crippen LogP contribution in [-0.2, 0) is 21.0 Å². The average Bonchev–Trinajstić information content (AvgIpc) is 2.91. The van der Waals surface area contributed by atoms with Crippen LogP contribution in [0.15, 0.2) is 59.9 Å². The molecule has 15 heteroatoms. The van der Waals surface area contributed by atoms with Crippen molar-refractivity contribution < 1.29 is 36.1 Å². The number of sulfonamides is 1. The SMILES string of the molecule is CN(C)CC(=O)NC1CC(c2cccc(C(F)(F)F)c2)CCC1[NH2+]c1cc(F)c(S(=O)(=O)Nc2ccncn2)cc1Cl. The van der Waals surface area contributed by atoms with E-state index in [-0.39, 0.29) is 40.9 Å². The minimum absolute atomic E-state index is 0.0298. The zero-order chi connectivity index (χ0) is 30.7. The van der Waals surface area contributed by atoms with Gasteiger partial charge in [-0.2, -0.15) is 13.2 Å². The Labute approximate surface area is 245 Å². The van der Waals surface area contributed by atoms with E-state index in [1.165, 1.54) is 18.3 Å². The summed E-state index contributed by atoms with van der Waals surface area (Å²) in [7, 11) is -0.903. The lowest BCUT2D eigenvalue weighted by Crippen LogP contribution is -2.89. The van der Waals surface area contributed by atoms with Crippen LogP contribution in [0.1, 0.15) is 36.3 Å². The van der Waals surface area contributed by atoms with Crippen molar-refractivity contribution in [2.75, 3.05) is 25.4 Å². The van der Waals surface area contributed by atoms with Crippen LogP contribution in [0.5, 0.6) is 0 Å². The van der Waals surface area contributed by atoms with Crippen molar-refractivity contribution in [3.63, 3.8) is 0 Å². The van der Waals surface area contributed by atoms with Gasteiger partial charge in [0.25, 0.3) is 10.0 Å². The number of benzene rings is 2. The van der Waals surface area contributed by atoms with Crippen LogP contribution in [0, 0.1) is 5.82 Å². The normalized spacial score (nSPS) is 19.5. The van der Waals surface area contributed by atoms with Gasteiger partial charge in [-0.3, -0.25) is 9.52 Å². The largest absolute Gasteiger partial charge is 0.416 e. The third kappa shape index (κ3) is 7.94. The van der Waals surface area contributed by atoms with E-state index in [2.05, 4.69) is 20.0 Å². The number of hydrogen-bond acceptors (Lipinski definition) is 6. The smallest absolute Gasteiger partial charge is 0.346 e. The molecule has 3 aromatic rings. The van der Waals surface area contributed by atoms with Gasteiger partial charge >= 0.3 is 6.18 Å². The Hall–Kier alpha value is -3.33. The molecule has 2 aromatic carbocycles. The molecule has 42 heavy (non-hydrogen) atoms. The summed E-state index contributed by atoms with van der Waals surface area (Å²) in [6.07, 6.45) is -0.711. The molecule has 4 N–H and O–H groups in total. The van der Waals surface area contributed by atoms with Crippen LogP contribution in [0.4, 0.5) is 29.1 Å². The molecule has 3 unspecified atom stereocenters. The first-order valence-electron chi connectivity index (χ1n) is 13.0. The third-order valence-electron chi connectivity index (χ3n) is 6.95. The van der Waals surface area contributed by atoms with Gasteiger partial charge in [0.15, 0.2) is 5.69 Å². The van der Waals surface area contributed by atoms with Gasteiger partial charge in [0.05, 0.1) is 18.2 Å². The zero-order valence-corrected chi connectivity index (χ0v) is 24.3. The van der Waals surface area contributed by atoms with E-state index < -0.39 is 38.5 Å². The number of alkyl halides is 3. The number of likely N-dealkylation sites (N-methyl/N-ethyl adjacent to an activating group) is 1. The van der Waals surface area contributed by atoms with Gasteiger partial charge in [0.1, 0.15) is 33.9 Å². The number of carbonyl (C=O) groups excluding carboxylic acids is 1. The molecule has 0 bridgehead atoms. The van der Waals surface area contributed by atoms with E-state index in [1.807, 2.05) is 0 Å². The molecule has 1 aliphatic carbocycles. The van der Waals surface area contributed by atoms with E-state index in [0.717, 1.165) is 30.6 Å². The number of nitrogens with two attached hydrogens (primary N) is 1. The number of quaternary nitrogens is 1. The van der Waals surface area contributed by atoms with Crippen molar-refractivity contribution in [2.24, 2.45) is 0 Å². The number of halogens is 5. The van der Waals surface area contributed by atoms with Crippen LogP contribution >= 0.6 is 11.6 Å². The third-order valence-corrected chi connectivity index (χ3v) is 8.65. The predicted molar refractivity (Wildman–Crippen MR) is 148 cm³/mol. The van der Waals surface area contributed by atoms with E-state index in [4.69, 9.17) is 11.6 Å². The van der Waals surface area contributed by atoms with Gasteiger partial charge in [-0.05, 0) is 56.6 Å². The van der Waals surface area contributed by atoms with Gasteiger partial charge in [-0.15, -0.1) is 0 Å². The summed E-state index contributed by atoms with van der Waals surface area (Å²) in [4.78, 5) is 21.2. The predicted octanol–water partition coefficient (Wildman–Crippen LogP) is 3.67. The first-order chi connectivity index (χ1) is 19.7. The Balaban J connectivity index is 1.57. The highest BCUT2D eigenvalue weighted by molar-refractivity contribution is 7.92. The Morgan fingerprint density at radius 3 is 2.60 bits per heavy atom. The topological polar surface area (TPSA) is 121 Å². The number of amides is 1. The molecule has 1 saturated carbocycles. The van der Waals surface area contributed by atoms with Crippen LogP contribution in [-0.4, -0.2) is 61.9 Å². The molecular formula is C27H30ClF4N6O3S+. The highest BCUT2D eigenvalue weighted by Crippen LogP contribution is 2.37. The lowest BCUT2D eigenvalue weighted by Gasteiger charge is -2.35. The van der Waals surface area contributed by atoms with Crippen LogP contribution < -0.4 is 15.4 Å². The van der Waals surface area contributed by atoms with Crippen molar-refractivity contribution >= 4 is 39.0 Å². The second-order valence-corrected chi connectivity index (χ2v) is 12.4. The molecule has 1 fully saturated rings. The second kappa shape index (κ2) is 12.9. The van der Waals surface area contributed by atoms with Crippen LogP contribution in [0.3, 0.4) is 0 Å². The fourth-order valence-electron chi connectivity index (χ4n) is 5.02. The summed E-state index contributed by atoms with van der Waals surface area (Å²) in [5, 5.41) is 4.61. The van der Waals surface area contributed by atoms with Crippen molar-refractivity contribution in [2.45, 2.75) is 48.3 Å². The van der Waals surface area contributed by atoms with Gasteiger partial charge in [-0.25, -0.2) is 22.8 Å².